The van der Waals surface area contributed by atoms with E-state index in [1.165, 1.54) is 138 Å². The standard InChI is InChI=1S/C82H88BN3Si/c1-76(2,3)47-25-30-54(31-26-47)84(55-24-22-23-48(39-55)77(4,5)6)64-36-34-61-74-70(64)60-40-49(78(7,8)9)29-35-63(60)85(74)65-37-38-66-75-71(65)83(61)62-43-52(81(16,17)18)41-58-59-42-53(82(19,20)21)46-69(73(59)86(75)72(58)62)87(66)67-44-50(79(10,11)12)27-32-56(67)57-33-28-51(45-68(57)87)80(13,14)15/h22-46H,1-21H3. The fourth-order valence-electron chi connectivity index (χ4n) is 15.9. The molecule has 1 spiro atoms. The summed E-state index contributed by atoms with van der Waals surface area (Å²) in [7, 11) is -3.21. The van der Waals surface area contributed by atoms with Gasteiger partial charge in [0, 0.05) is 49.8 Å². The van der Waals surface area contributed by atoms with Crippen molar-refractivity contribution in [1.29, 1.82) is 0 Å². The summed E-state index contributed by atoms with van der Waals surface area (Å²) in [6, 6.07) is 62.7. The van der Waals surface area contributed by atoms with Gasteiger partial charge >= 0.3 is 0 Å². The van der Waals surface area contributed by atoms with Crippen LogP contribution >= 0.6 is 0 Å². The molecule has 438 valence electrons. The Bertz CT molecular complexity index is 4770. The van der Waals surface area contributed by atoms with Crippen molar-refractivity contribution in [2.45, 2.75) is 183 Å². The highest BCUT2D eigenvalue weighted by Gasteiger charge is 2.57. The fraction of sp³-hybridized carbons (Fsp3) is 0.341. The first kappa shape index (κ1) is 56.2. The summed E-state index contributed by atoms with van der Waals surface area (Å²) in [5.41, 5.74) is 27.9. The molecule has 2 aromatic heterocycles. The Morgan fingerprint density at radius 3 is 1.41 bits per heavy atom. The Labute approximate surface area is 519 Å². The summed E-state index contributed by atoms with van der Waals surface area (Å²) in [4.78, 5) is 2.59. The molecule has 15 rings (SSSR count). The molecule has 0 radical (unpaired) electrons. The average Bonchev–Trinajstić information content (AvgIpc) is 1.53. The van der Waals surface area contributed by atoms with Gasteiger partial charge in [0.25, 0.3) is 6.71 Å². The van der Waals surface area contributed by atoms with Crippen LogP contribution in [0.5, 0.6) is 0 Å². The number of hydrogen-bond acceptors (Lipinski definition) is 1. The van der Waals surface area contributed by atoms with Crippen LogP contribution in [0.15, 0.2) is 152 Å². The molecule has 0 amide bonds. The second kappa shape index (κ2) is 17.5. The van der Waals surface area contributed by atoms with Crippen LogP contribution < -0.4 is 42.0 Å². The Kier molecular flexibility index (Phi) is 11.3. The van der Waals surface area contributed by atoms with Crippen LogP contribution in [0.3, 0.4) is 0 Å². The van der Waals surface area contributed by atoms with E-state index in [2.05, 4.69) is 311 Å². The van der Waals surface area contributed by atoms with Crippen LogP contribution in [-0.2, 0) is 37.9 Å². The van der Waals surface area contributed by atoms with Gasteiger partial charge in [0.1, 0.15) is 0 Å². The van der Waals surface area contributed by atoms with Crippen LogP contribution in [-0.4, -0.2) is 23.9 Å². The van der Waals surface area contributed by atoms with Gasteiger partial charge in [0.15, 0.2) is 8.07 Å². The number of aromatic nitrogens is 2. The van der Waals surface area contributed by atoms with Crippen molar-refractivity contribution in [2.24, 2.45) is 0 Å². The molecule has 11 aromatic rings. The second-order valence-corrected chi connectivity index (χ2v) is 37.6. The van der Waals surface area contributed by atoms with E-state index in [4.69, 9.17) is 0 Å². The Balaban J connectivity index is 1.15. The molecular formula is C82H88BN3Si. The molecule has 0 saturated heterocycles. The first-order chi connectivity index (χ1) is 40.6. The molecule has 0 atom stereocenters. The normalized spacial score (nSPS) is 15.0. The van der Waals surface area contributed by atoms with Crippen LogP contribution in [0, 0.1) is 0 Å². The molecule has 0 N–H and O–H groups in total. The van der Waals surface area contributed by atoms with Gasteiger partial charge in [-0.15, -0.1) is 0 Å². The van der Waals surface area contributed by atoms with Gasteiger partial charge in [-0.05, 0) is 186 Å². The van der Waals surface area contributed by atoms with E-state index >= 15 is 0 Å². The molecule has 5 heteroatoms. The van der Waals surface area contributed by atoms with Crippen LogP contribution in [0.2, 0.25) is 0 Å². The molecule has 3 nitrogen and oxygen atoms in total. The van der Waals surface area contributed by atoms with Gasteiger partial charge in [-0.3, -0.25) is 0 Å². The van der Waals surface area contributed by atoms with E-state index < -0.39 is 8.07 Å². The Hall–Kier alpha value is -7.34. The zero-order chi connectivity index (χ0) is 61.7. The lowest BCUT2D eigenvalue weighted by Gasteiger charge is -2.43. The van der Waals surface area contributed by atoms with Crippen LogP contribution in [0.1, 0.15) is 184 Å². The minimum absolute atomic E-state index is 0.0139. The van der Waals surface area contributed by atoms with E-state index in [0.29, 0.717) is 0 Å². The molecule has 0 saturated carbocycles. The quantitative estimate of drug-likeness (QED) is 0.161. The lowest BCUT2D eigenvalue weighted by Crippen LogP contribution is -2.77. The highest BCUT2D eigenvalue weighted by atomic mass is 28.3. The van der Waals surface area contributed by atoms with Crippen molar-refractivity contribution in [1.82, 2.24) is 9.13 Å². The third-order valence-electron chi connectivity index (χ3n) is 21.0. The van der Waals surface area contributed by atoms with Gasteiger partial charge in [0.2, 0.25) is 0 Å². The summed E-state index contributed by atoms with van der Waals surface area (Å²) in [5.74, 6) is 0. The monoisotopic (exact) mass is 1150 g/mol. The number of rotatable bonds is 3. The predicted octanol–water partition coefficient (Wildman–Crippen LogP) is 17.2. The van der Waals surface area contributed by atoms with E-state index in [9.17, 15) is 0 Å². The number of benzene rings is 9. The van der Waals surface area contributed by atoms with Gasteiger partial charge in [0.05, 0.1) is 22.2 Å². The van der Waals surface area contributed by atoms with Crippen molar-refractivity contribution in [3.63, 3.8) is 0 Å². The van der Waals surface area contributed by atoms with Crippen molar-refractivity contribution in [2.75, 3.05) is 4.90 Å². The summed E-state index contributed by atoms with van der Waals surface area (Å²) in [6.07, 6.45) is 0. The topological polar surface area (TPSA) is 13.1 Å². The van der Waals surface area contributed by atoms with Gasteiger partial charge < -0.3 is 14.0 Å². The number of hydrogen-bond donors (Lipinski definition) is 0. The number of fused-ring (bicyclic) bond motifs is 14. The van der Waals surface area contributed by atoms with Crippen molar-refractivity contribution in [3.05, 3.63) is 191 Å². The molecule has 4 aliphatic rings. The zero-order valence-electron chi connectivity index (χ0n) is 55.9. The molecule has 0 bridgehead atoms. The molecule has 0 aliphatic carbocycles. The zero-order valence-corrected chi connectivity index (χ0v) is 56.9. The lowest BCUT2D eigenvalue weighted by molar-refractivity contribution is 0.590. The highest BCUT2D eigenvalue weighted by molar-refractivity contribution is 7.24. The van der Waals surface area contributed by atoms with E-state index in [-0.39, 0.29) is 44.6 Å². The molecular weight excluding hydrogens is 1070 g/mol. The number of nitrogens with zero attached hydrogens (tertiary/aromatic N) is 3. The van der Waals surface area contributed by atoms with Crippen LogP contribution in [0.25, 0.3) is 66.1 Å². The first-order valence-corrected chi connectivity index (χ1v) is 34.4. The maximum absolute atomic E-state index is 3.21. The minimum atomic E-state index is -3.21. The fourth-order valence-corrected chi connectivity index (χ4v) is 21.6. The summed E-state index contributed by atoms with van der Waals surface area (Å²) in [6.45, 7) is 50.1. The Morgan fingerprint density at radius 2 is 0.839 bits per heavy atom. The van der Waals surface area contributed by atoms with Crippen molar-refractivity contribution >= 4 is 113 Å². The van der Waals surface area contributed by atoms with Crippen LogP contribution in [0.4, 0.5) is 17.1 Å². The first-order valence-electron chi connectivity index (χ1n) is 32.4. The number of anilines is 3. The molecule has 6 heterocycles. The lowest BCUT2D eigenvalue weighted by atomic mass is 9.34. The molecule has 0 fully saturated rings. The largest absolute Gasteiger partial charge is 0.310 e. The predicted molar refractivity (Wildman–Crippen MR) is 382 cm³/mol. The molecule has 0 unspecified atom stereocenters. The molecule has 4 aliphatic heterocycles. The Morgan fingerprint density at radius 1 is 0.345 bits per heavy atom. The maximum atomic E-state index is 2.85. The SMILES string of the molecule is CC(C)(C)c1ccc(N(c2cccc(C(C)(C)C)c2)c2ccc3c4c2c2cc(C(C)(C)C)ccc2n4-c2ccc4c5c2B3c2cc(C(C)(C)C)cc3c6cc(C(C)(C)C)cc(c6n-5c23)[Si]42c3cc(C(C)(C)C)ccc3-c3ccc(C(C)(C)C)cc32)cc1. The highest BCUT2D eigenvalue weighted by Crippen LogP contribution is 2.50. The molecule has 9 aromatic carbocycles. The summed E-state index contributed by atoms with van der Waals surface area (Å²) >= 11 is 0. The third kappa shape index (κ3) is 7.79. The van der Waals surface area contributed by atoms with Crippen molar-refractivity contribution < 1.29 is 0 Å². The van der Waals surface area contributed by atoms with E-state index in [0.717, 1.165) is 5.69 Å². The second-order valence-electron chi connectivity index (χ2n) is 34.0. The van der Waals surface area contributed by atoms with Gasteiger partial charge in [-0.2, -0.15) is 0 Å². The van der Waals surface area contributed by atoms with E-state index in [1.807, 2.05) is 0 Å². The van der Waals surface area contributed by atoms with E-state index in [1.54, 1.807) is 15.6 Å². The van der Waals surface area contributed by atoms with Gasteiger partial charge in [-0.1, -0.05) is 236 Å². The average molecular weight is 1150 g/mol. The smallest absolute Gasteiger partial charge is 0.252 e. The maximum Gasteiger partial charge on any atom is 0.252 e. The summed E-state index contributed by atoms with van der Waals surface area (Å²) < 4.78 is 5.59. The summed E-state index contributed by atoms with van der Waals surface area (Å²) in [5, 5.41) is 11.5. The molecule has 87 heavy (non-hydrogen) atoms. The third-order valence-corrected chi connectivity index (χ3v) is 25.8. The van der Waals surface area contributed by atoms with Gasteiger partial charge in [-0.25, -0.2) is 0 Å². The van der Waals surface area contributed by atoms with Crippen molar-refractivity contribution in [3.8, 4) is 22.5 Å². The minimum Gasteiger partial charge on any atom is -0.310 e.